The fourth-order valence-corrected chi connectivity index (χ4v) is 6.66. The second kappa shape index (κ2) is 12.9. The highest BCUT2D eigenvalue weighted by atomic mass is 16.6. The van der Waals surface area contributed by atoms with Crippen molar-refractivity contribution in [1.29, 1.82) is 0 Å². The molecule has 4 aromatic carbocycles. The van der Waals surface area contributed by atoms with Crippen LogP contribution in [0.1, 0.15) is 66.3 Å². The van der Waals surface area contributed by atoms with E-state index in [1.807, 2.05) is 98.8 Å². The fourth-order valence-electron chi connectivity index (χ4n) is 6.66. The summed E-state index contributed by atoms with van der Waals surface area (Å²) in [6.45, 7) is 6.63. The Morgan fingerprint density at radius 3 is 2.07 bits per heavy atom. The number of fused-ring (bicyclic) bond motifs is 3. The maximum absolute atomic E-state index is 13.5. The van der Waals surface area contributed by atoms with Crippen LogP contribution in [0.4, 0.5) is 16.2 Å². The number of ether oxygens (including phenoxy) is 1. The van der Waals surface area contributed by atoms with Gasteiger partial charge < -0.3 is 15.2 Å². The summed E-state index contributed by atoms with van der Waals surface area (Å²) in [7, 11) is 1.66. The van der Waals surface area contributed by atoms with Crippen molar-refractivity contribution in [3.8, 4) is 11.1 Å². The van der Waals surface area contributed by atoms with E-state index >= 15 is 0 Å². The normalized spacial score (nSPS) is 15.3. The number of anilines is 2. The minimum Gasteiger partial charge on any atom is -0.436 e. The van der Waals surface area contributed by atoms with Crippen LogP contribution < -0.4 is 10.2 Å². The van der Waals surface area contributed by atoms with Crippen molar-refractivity contribution in [2.24, 2.45) is 5.92 Å². The molecule has 1 aliphatic carbocycles. The van der Waals surface area contributed by atoms with Gasteiger partial charge >= 0.3 is 6.09 Å². The zero-order valence-corrected chi connectivity index (χ0v) is 26.2. The van der Waals surface area contributed by atoms with E-state index in [0.29, 0.717) is 22.9 Å². The number of nitrogens with one attached hydrogen (secondary N) is 1. The number of aliphatic hydroxyl groups is 1. The molecule has 2 amide bonds. The molecule has 232 valence electrons. The number of amides is 2. The highest BCUT2D eigenvalue weighted by Gasteiger charge is 2.32. The average molecular weight is 604 g/mol. The Hall–Kier alpha value is -4.46. The first kappa shape index (κ1) is 30.6. The first-order valence-electron chi connectivity index (χ1n) is 15.7. The summed E-state index contributed by atoms with van der Waals surface area (Å²) in [4.78, 5) is 30.6. The number of carbonyl (C=O) groups excluding carboxylic acids is 2. The molecule has 6 rings (SSSR count). The van der Waals surface area contributed by atoms with E-state index in [2.05, 4.69) is 10.2 Å². The first-order valence-corrected chi connectivity index (χ1v) is 15.7. The van der Waals surface area contributed by atoms with Crippen LogP contribution in [0.3, 0.4) is 0 Å². The summed E-state index contributed by atoms with van der Waals surface area (Å²) in [6.07, 6.45) is 2.00. The minimum absolute atomic E-state index is 0.248. The molecular formula is C38H41N3O4. The third-order valence-corrected chi connectivity index (χ3v) is 8.90. The molecule has 4 aromatic rings. The molecule has 45 heavy (non-hydrogen) atoms. The van der Waals surface area contributed by atoms with Gasteiger partial charge in [0.2, 0.25) is 0 Å². The molecule has 1 saturated heterocycles. The number of nitrogens with zero attached hydrogens (tertiary/aromatic N) is 2. The van der Waals surface area contributed by atoms with Gasteiger partial charge in [-0.3, -0.25) is 14.6 Å². The van der Waals surface area contributed by atoms with E-state index in [1.54, 1.807) is 19.2 Å². The number of rotatable bonds is 8. The zero-order valence-electron chi connectivity index (χ0n) is 26.2. The van der Waals surface area contributed by atoms with Gasteiger partial charge in [-0.25, -0.2) is 4.79 Å². The molecule has 0 atom stereocenters. The van der Waals surface area contributed by atoms with Crippen LogP contribution in [0.2, 0.25) is 0 Å². The molecule has 0 aromatic heterocycles. The lowest BCUT2D eigenvalue weighted by molar-refractivity contribution is 0.0368. The Morgan fingerprint density at radius 1 is 0.867 bits per heavy atom. The number of para-hydroxylation sites is 2. The van der Waals surface area contributed by atoms with E-state index in [0.717, 1.165) is 66.7 Å². The predicted molar refractivity (Wildman–Crippen MR) is 178 cm³/mol. The molecule has 2 N–H and O–H groups in total. The average Bonchev–Trinajstić information content (AvgIpc) is 3.35. The summed E-state index contributed by atoms with van der Waals surface area (Å²) in [5, 5.41) is 13.1. The van der Waals surface area contributed by atoms with Crippen LogP contribution in [0.25, 0.3) is 11.1 Å². The lowest BCUT2D eigenvalue weighted by Gasteiger charge is -2.34. The van der Waals surface area contributed by atoms with Gasteiger partial charge in [0.15, 0.2) is 6.10 Å². The van der Waals surface area contributed by atoms with Gasteiger partial charge in [0.05, 0.1) is 17.0 Å². The van der Waals surface area contributed by atoms with Gasteiger partial charge in [-0.15, -0.1) is 0 Å². The van der Waals surface area contributed by atoms with Crippen LogP contribution in [0, 0.1) is 5.92 Å². The molecule has 0 unspecified atom stereocenters. The van der Waals surface area contributed by atoms with Crippen LogP contribution >= 0.6 is 0 Å². The lowest BCUT2D eigenvalue weighted by Crippen LogP contribution is -2.35. The van der Waals surface area contributed by atoms with Crippen molar-refractivity contribution in [3.63, 3.8) is 0 Å². The summed E-state index contributed by atoms with van der Waals surface area (Å²) in [5.74, 6) is 0.314. The van der Waals surface area contributed by atoms with Crippen LogP contribution in [0.5, 0.6) is 0 Å². The standard InChI is InChI=1S/C38H41N3O4/c1-38(2,44)24-26-20-22-41(23-21-26)25-27-16-18-28(19-17-27)36(42)39-33-14-8-9-15-34(33)40(3)37(43)45-35-31-12-6-4-10-29(31)30-11-5-7-13-32(30)35/h4-19,26,35,44H,20-25H2,1-3H3,(H,39,42). The zero-order chi connectivity index (χ0) is 31.6. The third kappa shape index (κ3) is 6.95. The molecule has 0 spiro atoms. The monoisotopic (exact) mass is 603 g/mol. The van der Waals surface area contributed by atoms with Crippen molar-refractivity contribution in [3.05, 3.63) is 119 Å². The van der Waals surface area contributed by atoms with Crippen molar-refractivity contribution in [2.45, 2.75) is 51.4 Å². The number of benzene rings is 4. The Kier molecular flexibility index (Phi) is 8.74. The van der Waals surface area contributed by atoms with Gasteiger partial charge in [0.25, 0.3) is 5.91 Å². The van der Waals surface area contributed by atoms with E-state index < -0.39 is 17.8 Å². The number of piperidine rings is 1. The molecule has 1 heterocycles. The number of hydrogen-bond donors (Lipinski definition) is 2. The molecule has 7 heteroatoms. The highest BCUT2D eigenvalue weighted by Crippen LogP contribution is 2.45. The Morgan fingerprint density at radius 2 is 1.44 bits per heavy atom. The van der Waals surface area contributed by atoms with Crippen LogP contribution in [-0.2, 0) is 11.3 Å². The predicted octanol–water partition coefficient (Wildman–Crippen LogP) is 7.65. The Labute approximate surface area is 265 Å². The quantitative estimate of drug-likeness (QED) is 0.216. The van der Waals surface area contributed by atoms with Crippen LogP contribution in [0.15, 0.2) is 97.1 Å². The highest BCUT2D eigenvalue weighted by molar-refractivity contribution is 6.07. The van der Waals surface area contributed by atoms with Gasteiger partial charge in [0.1, 0.15) is 0 Å². The van der Waals surface area contributed by atoms with Crippen LogP contribution in [-0.4, -0.2) is 47.7 Å². The molecule has 0 bridgehead atoms. The second-order valence-corrected chi connectivity index (χ2v) is 12.9. The first-order chi connectivity index (χ1) is 21.7. The SMILES string of the molecule is CN(C(=O)OC1c2ccccc2-c2ccccc21)c1ccccc1NC(=O)c1ccc(CN2CCC(CC(C)(C)O)CC2)cc1. The Balaban J connectivity index is 1.08. The maximum atomic E-state index is 13.5. The summed E-state index contributed by atoms with van der Waals surface area (Å²) >= 11 is 0. The molecular weight excluding hydrogens is 562 g/mol. The lowest BCUT2D eigenvalue weighted by atomic mass is 9.86. The van der Waals surface area contributed by atoms with E-state index in [9.17, 15) is 14.7 Å². The largest absolute Gasteiger partial charge is 0.436 e. The van der Waals surface area contributed by atoms with E-state index in [4.69, 9.17) is 4.74 Å². The number of hydrogen-bond acceptors (Lipinski definition) is 5. The topological polar surface area (TPSA) is 82.1 Å². The number of likely N-dealkylation sites (tertiary alicyclic amines) is 1. The van der Waals surface area contributed by atoms with Crippen molar-refractivity contribution < 1.29 is 19.4 Å². The van der Waals surface area contributed by atoms with E-state index in [1.165, 1.54) is 4.90 Å². The summed E-state index contributed by atoms with van der Waals surface area (Å²) in [5.41, 5.74) is 6.21. The molecule has 1 aliphatic heterocycles. The van der Waals surface area contributed by atoms with Gasteiger partial charge in [-0.05, 0) is 93.1 Å². The molecule has 0 radical (unpaired) electrons. The molecule has 0 saturated carbocycles. The molecule has 1 fully saturated rings. The number of carbonyl (C=O) groups is 2. The van der Waals surface area contributed by atoms with E-state index in [-0.39, 0.29) is 5.91 Å². The minimum atomic E-state index is -0.613. The van der Waals surface area contributed by atoms with Crippen molar-refractivity contribution >= 4 is 23.4 Å². The smallest absolute Gasteiger partial charge is 0.415 e. The summed E-state index contributed by atoms with van der Waals surface area (Å²) < 4.78 is 6.09. The van der Waals surface area contributed by atoms with Crippen molar-refractivity contribution in [1.82, 2.24) is 4.90 Å². The molecule has 7 nitrogen and oxygen atoms in total. The third-order valence-electron chi connectivity index (χ3n) is 8.90. The van der Waals surface area contributed by atoms with Gasteiger partial charge in [0, 0.05) is 30.3 Å². The Bertz CT molecular complexity index is 1620. The summed E-state index contributed by atoms with van der Waals surface area (Å²) in [6, 6.07) is 30.9. The molecule has 2 aliphatic rings. The van der Waals surface area contributed by atoms with Gasteiger partial charge in [-0.2, -0.15) is 0 Å². The fraction of sp³-hybridized carbons (Fsp3) is 0.316. The maximum Gasteiger partial charge on any atom is 0.415 e. The van der Waals surface area contributed by atoms with Crippen molar-refractivity contribution in [2.75, 3.05) is 30.4 Å². The second-order valence-electron chi connectivity index (χ2n) is 12.9. The van der Waals surface area contributed by atoms with Gasteiger partial charge in [-0.1, -0.05) is 72.8 Å².